The zero-order chi connectivity index (χ0) is 43.5. The van der Waals surface area contributed by atoms with Gasteiger partial charge in [-0.15, -0.1) is 0 Å². The minimum atomic E-state index is -0.451. The summed E-state index contributed by atoms with van der Waals surface area (Å²) in [6.07, 6.45) is 0. The Kier molecular flexibility index (Phi) is 9.14. The lowest BCUT2D eigenvalue weighted by Gasteiger charge is -2.47. The first-order valence-corrected chi connectivity index (χ1v) is 22.8. The molecule has 0 aromatic heterocycles. The van der Waals surface area contributed by atoms with Gasteiger partial charge >= 0.3 is 0 Å². The molecule has 0 fully saturated rings. The van der Waals surface area contributed by atoms with E-state index in [0.29, 0.717) is 0 Å². The molecule has 2 aliphatic rings. The molecule has 0 aliphatic heterocycles. The van der Waals surface area contributed by atoms with Crippen LogP contribution in [0.3, 0.4) is 0 Å². The highest BCUT2D eigenvalue weighted by molar-refractivity contribution is 5.91. The van der Waals surface area contributed by atoms with Crippen LogP contribution in [0.2, 0.25) is 0 Å². The normalized spacial score (nSPS) is 13.6. The lowest BCUT2D eigenvalue weighted by molar-refractivity contribution is 0.565. The lowest BCUT2D eigenvalue weighted by Crippen LogP contribution is -2.41. The molecule has 0 heterocycles. The van der Waals surface area contributed by atoms with Crippen LogP contribution in [0.25, 0.3) is 55.6 Å². The Morgan fingerprint density at radius 1 is 0.262 bits per heavy atom. The number of anilines is 3. The summed E-state index contributed by atoms with van der Waals surface area (Å²) in [5.74, 6) is 0. The van der Waals surface area contributed by atoms with E-state index in [1.54, 1.807) is 0 Å². The number of rotatable bonds is 7. The SMILES string of the molecule is CC1(C)c2ccccc2C2(c3ccccc3-c3ccccc32)c2cccc(-c3cccc(N(c4ccc(-c5ccccc5-c5ccccc5)cc4)c4cccc(-c5ccccc5)c4)c3)c21. The molecule has 308 valence electrons. The molecule has 12 rings (SSSR count). The first-order valence-electron chi connectivity index (χ1n) is 22.8. The highest BCUT2D eigenvalue weighted by atomic mass is 15.1. The summed E-state index contributed by atoms with van der Waals surface area (Å²) in [5, 5.41) is 0. The first-order chi connectivity index (χ1) is 32.0. The van der Waals surface area contributed by atoms with Crippen molar-refractivity contribution in [1.82, 2.24) is 0 Å². The maximum Gasteiger partial charge on any atom is 0.0719 e. The number of fused-ring (bicyclic) bond motifs is 9. The molecule has 0 amide bonds. The highest BCUT2D eigenvalue weighted by Crippen LogP contribution is 2.63. The summed E-state index contributed by atoms with van der Waals surface area (Å²) in [4.78, 5) is 2.42. The summed E-state index contributed by atoms with van der Waals surface area (Å²) in [7, 11) is 0. The monoisotopic (exact) mass is 829 g/mol. The van der Waals surface area contributed by atoms with Gasteiger partial charge in [0.1, 0.15) is 0 Å². The van der Waals surface area contributed by atoms with Crippen LogP contribution in [-0.4, -0.2) is 0 Å². The standard InChI is InChI=1S/C64H47N/c1-63(2)59-35-15-16-36-60(59)64(57-33-13-11-30-55(57)56-31-12-14-34-58(56)64)61-37-19-32-54(62(61)63)48-25-18-27-51(43-48)65(50-26-17-24-47(42-50)44-20-5-3-6-21-44)49-40-38-46(39-41-49)53-29-10-9-28-52(53)45-22-7-4-8-23-45/h3-43H,1-2H3. The van der Waals surface area contributed by atoms with Crippen molar-refractivity contribution in [2.75, 3.05) is 4.90 Å². The molecule has 1 nitrogen and oxygen atoms in total. The zero-order valence-electron chi connectivity index (χ0n) is 36.6. The van der Waals surface area contributed by atoms with Crippen LogP contribution in [0, 0.1) is 0 Å². The second-order valence-corrected chi connectivity index (χ2v) is 18.0. The zero-order valence-corrected chi connectivity index (χ0v) is 36.6. The predicted octanol–water partition coefficient (Wildman–Crippen LogP) is 16.8. The largest absolute Gasteiger partial charge is 0.310 e. The molecule has 0 radical (unpaired) electrons. The van der Waals surface area contributed by atoms with Gasteiger partial charge in [0, 0.05) is 22.5 Å². The molecule has 0 bridgehead atoms. The van der Waals surface area contributed by atoms with Crippen LogP contribution in [0.15, 0.2) is 249 Å². The molecule has 0 saturated carbocycles. The van der Waals surface area contributed by atoms with E-state index < -0.39 is 5.41 Å². The fraction of sp³-hybridized carbons (Fsp3) is 0.0625. The smallest absolute Gasteiger partial charge is 0.0719 e. The number of benzene rings is 10. The molecule has 2 aliphatic carbocycles. The van der Waals surface area contributed by atoms with Crippen molar-refractivity contribution < 1.29 is 0 Å². The van der Waals surface area contributed by atoms with Gasteiger partial charge in [-0.05, 0) is 125 Å². The Hall–Kier alpha value is -8.00. The van der Waals surface area contributed by atoms with Crippen LogP contribution < -0.4 is 4.90 Å². The summed E-state index contributed by atoms with van der Waals surface area (Å²) in [5.41, 5.74) is 23.1. The first kappa shape index (κ1) is 38.7. The topological polar surface area (TPSA) is 3.24 Å². The second-order valence-electron chi connectivity index (χ2n) is 18.0. The van der Waals surface area contributed by atoms with Crippen molar-refractivity contribution in [3.63, 3.8) is 0 Å². The quantitative estimate of drug-likeness (QED) is 0.155. The van der Waals surface area contributed by atoms with Gasteiger partial charge in [0.15, 0.2) is 0 Å². The molecule has 10 aromatic rings. The third-order valence-corrected chi connectivity index (χ3v) is 14.1. The van der Waals surface area contributed by atoms with E-state index >= 15 is 0 Å². The van der Waals surface area contributed by atoms with E-state index in [1.807, 2.05) is 0 Å². The van der Waals surface area contributed by atoms with Gasteiger partial charge in [-0.1, -0.05) is 226 Å². The molecule has 0 unspecified atom stereocenters. The Morgan fingerprint density at radius 2 is 0.677 bits per heavy atom. The van der Waals surface area contributed by atoms with Crippen molar-refractivity contribution in [3.8, 4) is 55.6 Å². The predicted molar refractivity (Wildman–Crippen MR) is 272 cm³/mol. The fourth-order valence-corrected chi connectivity index (χ4v) is 11.3. The van der Waals surface area contributed by atoms with E-state index in [9.17, 15) is 0 Å². The van der Waals surface area contributed by atoms with E-state index in [2.05, 4.69) is 267 Å². The van der Waals surface area contributed by atoms with Gasteiger partial charge in [0.05, 0.1) is 5.41 Å². The fourth-order valence-electron chi connectivity index (χ4n) is 11.3. The van der Waals surface area contributed by atoms with E-state index in [1.165, 1.54) is 89.0 Å². The van der Waals surface area contributed by atoms with Crippen molar-refractivity contribution in [2.24, 2.45) is 0 Å². The van der Waals surface area contributed by atoms with Crippen LogP contribution in [-0.2, 0) is 10.8 Å². The van der Waals surface area contributed by atoms with Crippen LogP contribution >= 0.6 is 0 Å². The number of nitrogens with zero attached hydrogens (tertiary/aromatic N) is 1. The molecule has 65 heavy (non-hydrogen) atoms. The van der Waals surface area contributed by atoms with Crippen LogP contribution in [0.5, 0.6) is 0 Å². The second kappa shape index (κ2) is 15.4. The minimum absolute atomic E-state index is 0.286. The van der Waals surface area contributed by atoms with Crippen LogP contribution in [0.4, 0.5) is 17.1 Å². The van der Waals surface area contributed by atoms with Gasteiger partial charge < -0.3 is 4.90 Å². The number of hydrogen-bond donors (Lipinski definition) is 0. The Morgan fingerprint density at radius 3 is 1.29 bits per heavy atom. The molecule has 0 saturated heterocycles. The van der Waals surface area contributed by atoms with E-state index in [4.69, 9.17) is 0 Å². The molecule has 10 aromatic carbocycles. The van der Waals surface area contributed by atoms with Gasteiger partial charge in [-0.25, -0.2) is 0 Å². The maximum atomic E-state index is 2.43. The summed E-state index contributed by atoms with van der Waals surface area (Å²) in [6.45, 7) is 4.85. The van der Waals surface area contributed by atoms with Crippen molar-refractivity contribution in [3.05, 3.63) is 282 Å². The Labute approximate surface area is 382 Å². The molecule has 1 heteroatoms. The minimum Gasteiger partial charge on any atom is -0.310 e. The average Bonchev–Trinajstić information content (AvgIpc) is 3.67. The van der Waals surface area contributed by atoms with Gasteiger partial charge in [-0.2, -0.15) is 0 Å². The van der Waals surface area contributed by atoms with E-state index in [-0.39, 0.29) is 5.41 Å². The molecular weight excluding hydrogens is 783 g/mol. The number of hydrogen-bond acceptors (Lipinski definition) is 1. The Balaban J connectivity index is 1.04. The third-order valence-electron chi connectivity index (χ3n) is 14.1. The highest BCUT2D eigenvalue weighted by Gasteiger charge is 2.53. The summed E-state index contributed by atoms with van der Waals surface area (Å²) < 4.78 is 0. The molecular formula is C64H47N. The Bertz CT molecular complexity index is 3350. The lowest BCUT2D eigenvalue weighted by atomic mass is 9.54. The van der Waals surface area contributed by atoms with Crippen molar-refractivity contribution in [1.29, 1.82) is 0 Å². The third kappa shape index (κ3) is 6.07. The molecule has 0 N–H and O–H groups in total. The van der Waals surface area contributed by atoms with Crippen molar-refractivity contribution in [2.45, 2.75) is 24.7 Å². The summed E-state index contributed by atoms with van der Waals surface area (Å²) >= 11 is 0. The van der Waals surface area contributed by atoms with Gasteiger partial charge in [0.25, 0.3) is 0 Å². The van der Waals surface area contributed by atoms with Gasteiger partial charge in [0.2, 0.25) is 0 Å². The van der Waals surface area contributed by atoms with Crippen molar-refractivity contribution >= 4 is 17.1 Å². The molecule has 0 atom stereocenters. The van der Waals surface area contributed by atoms with E-state index in [0.717, 1.165) is 17.1 Å². The maximum absolute atomic E-state index is 2.43. The van der Waals surface area contributed by atoms with Crippen LogP contribution in [0.1, 0.15) is 47.2 Å². The molecule has 1 spiro atoms. The van der Waals surface area contributed by atoms with Gasteiger partial charge in [-0.3, -0.25) is 0 Å². The summed E-state index contributed by atoms with van der Waals surface area (Å²) in [6, 6.07) is 91.8. The average molecular weight is 830 g/mol.